The number of cyclic esters (lactones) is 2. The number of hydrogen-bond acceptors (Lipinski definition) is 4. The normalized spacial score (nSPS) is 13.1. The molecule has 2 aromatic rings. The van der Waals surface area contributed by atoms with E-state index in [0.717, 1.165) is 11.1 Å². The van der Waals surface area contributed by atoms with Gasteiger partial charge in [0.05, 0.1) is 5.57 Å². The summed E-state index contributed by atoms with van der Waals surface area (Å²) in [4.78, 5) is 32.0. The van der Waals surface area contributed by atoms with Crippen molar-refractivity contribution in [2.75, 3.05) is 0 Å². The van der Waals surface area contributed by atoms with Crippen molar-refractivity contribution in [3.8, 4) is 0 Å². The molecule has 0 saturated carbocycles. The summed E-state index contributed by atoms with van der Waals surface area (Å²) in [6, 6.07) is 19.6. The molecule has 0 atom stereocenters. The van der Waals surface area contributed by atoms with Gasteiger partial charge in [0.1, 0.15) is 0 Å². The zero-order chi connectivity index (χ0) is 23.2. The Morgan fingerprint density at radius 2 is 1.45 bits per heavy atom. The molecule has 31 heavy (non-hydrogen) atoms. The van der Waals surface area contributed by atoms with E-state index < -0.39 is 17.9 Å². The van der Waals surface area contributed by atoms with Crippen LogP contribution >= 0.6 is 0 Å². The smallest absolute Gasteiger partial charge is 0.346 e. The largest absolute Gasteiger partial charge is 0.478 e. The van der Waals surface area contributed by atoms with Crippen LogP contribution < -0.4 is 0 Å². The quantitative estimate of drug-likeness (QED) is 0.405. The van der Waals surface area contributed by atoms with Crippen LogP contribution in [0.3, 0.4) is 0 Å². The predicted octanol–water partition coefficient (Wildman–Crippen LogP) is 5.47. The van der Waals surface area contributed by atoms with Crippen molar-refractivity contribution in [2.45, 2.75) is 20.8 Å². The first-order valence-corrected chi connectivity index (χ1v) is 9.53. The van der Waals surface area contributed by atoms with Crippen LogP contribution in [0.5, 0.6) is 0 Å². The maximum atomic E-state index is 11.3. The van der Waals surface area contributed by atoms with E-state index in [4.69, 9.17) is 5.11 Å². The lowest BCUT2D eigenvalue weighted by Gasteiger charge is -1.99. The second-order valence-electron chi connectivity index (χ2n) is 6.40. The van der Waals surface area contributed by atoms with Gasteiger partial charge in [0.2, 0.25) is 0 Å². The van der Waals surface area contributed by atoms with E-state index in [1.165, 1.54) is 11.6 Å². The van der Waals surface area contributed by atoms with Crippen LogP contribution in [0.4, 0.5) is 0 Å². The van der Waals surface area contributed by atoms with E-state index in [9.17, 15) is 14.4 Å². The van der Waals surface area contributed by atoms with Crippen LogP contribution in [0.25, 0.3) is 12.2 Å². The maximum absolute atomic E-state index is 11.3. The maximum Gasteiger partial charge on any atom is 0.346 e. The lowest BCUT2D eigenvalue weighted by molar-refractivity contribution is -0.150. The van der Waals surface area contributed by atoms with Crippen molar-refractivity contribution in [1.29, 1.82) is 0 Å². The number of carbonyl (C=O) groups is 3. The molecule has 160 valence electrons. The summed E-state index contributed by atoms with van der Waals surface area (Å²) < 4.78 is 4.42. The highest BCUT2D eigenvalue weighted by Gasteiger charge is 2.24. The molecule has 1 aliphatic rings. The third-order valence-corrected chi connectivity index (χ3v) is 4.09. The number of carboxylic acids is 1. The number of rotatable bonds is 4. The van der Waals surface area contributed by atoms with E-state index in [1.54, 1.807) is 26.8 Å². The number of carbonyl (C=O) groups excluding carboxylic acids is 2. The summed E-state index contributed by atoms with van der Waals surface area (Å²) in [5, 5.41) is 8.11. The van der Waals surface area contributed by atoms with E-state index >= 15 is 0 Å². The minimum atomic E-state index is -0.845. The molecule has 0 radical (unpaired) electrons. The molecule has 1 heterocycles. The standard InChI is InChI=1S/C13H10O3.C8H8.C5H8O2/c1-9(7-10-5-3-2-4-6-10)11-8-12(14)16-13(11)15;1-2-8-6-4-3-5-7-8;1-3-4(2)5(6)7/h2-8H,1H3;2-7H,1H2;3H,1-2H3,(H,6,7). The first kappa shape index (κ1) is 25.0. The zero-order valence-corrected chi connectivity index (χ0v) is 17.9. The number of carboxylic acid groups (broad SMARTS) is 1. The Morgan fingerprint density at radius 3 is 1.77 bits per heavy atom. The van der Waals surface area contributed by atoms with Crippen molar-refractivity contribution >= 4 is 30.1 Å². The topological polar surface area (TPSA) is 80.7 Å². The highest BCUT2D eigenvalue weighted by atomic mass is 16.6. The van der Waals surface area contributed by atoms with Gasteiger partial charge in [-0.25, -0.2) is 14.4 Å². The van der Waals surface area contributed by atoms with E-state index in [1.807, 2.05) is 72.8 Å². The summed E-state index contributed by atoms with van der Waals surface area (Å²) in [6.45, 7) is 8.66. The molecule has 0 spiro atoms. The van der Waals surface area contributed by atoms with E-state index in [2.05, 4.69) is 11.3 Å². The van der Waals surface area contributed by atoms with Gasteiger partial charge in [0.15, 0.2) is 0 Å². The molecule has 0 unspecified atom stereocenters. The highest BCUT2D eigenvalue weighted by molar-refractivity contribution is 6.12. The molecule has 2 aromatic carbocycles. The van der Waals surface area contributed by atoms with Crippen molar-refractivity contribution in [1.82, 2.24) is 0 Å². The summed E-state index contributed by atoms with van der Waals surface area (Å²) in [5.41, 5.74) is 3.59. The van der Waals surface area contributed by atoms with Crippen molar-refractivity contribution in [3.05, 3.63) is 107 Å². The fraction of sp³-hybridized carbons (Fsp3) is 0.115. The molecular weight excluding hydrogens is 392 g/mol. The summed E-state index contributed by atoms with van der Waals surface area (Å²) in [6.07, 6.45) is 6.45. The lowest BCUT2D eigenvalue weighted by atomic mass is 10.1. The van der Waals surface area contributed by atoms with Crippen LogP contribution in [0.1, 0.15) is 31.9 Å². The Kier molecular flexibility index (Phi) is 10.7. The third kappa shape index (κ3) is 9.37. The molecule has 0 amide bonds. The average molecular weight is 418 g/mol. The van der Waals surface area contributed by atoms with Gasteiger partial charge < -0.3 is 9.84 Å². The van der Waals surface area contributed by atoms with E-state index in [-0.39, 0.29) is 0 Å². The molecule has 0 aliphatic carbocycles. The van der Waals surface area contributed by atoms with Crippen molar-refractivity contribution in [2.24, 2.45) is 0 Å². The molecule has 0 saturated heterocycles. The van der Waals surface area contributed by atoms with Crippen molar-refractivity contribution in [3.63, 3.8) is 0 Å². The molecule has 1 aliphatic heterocycles. The molecule has 1 N–H and O–H groups in total. The second-order valence-corrected chi connectivity index (χ2v) is 6.40. The fourth-order valence-corrected chi connectivity index (χ4v) is 2.22. The molecule has 0 aromatic heterocycles. The van der Waals surface area contributed by atoms with Crippen LogP contribution in [-0.4, -0.2) is 23.0 Å². The monoisotopic (exact) mass is 418 g/mol. The second kappa shape index (κ2) is 13.3. The van der Waals surface area contributed by atoms with Crippen LogP contribution in [0.2, 0.25) is 0 Å². The SMILES string of the molecule is C=Cc1ccccc1.CC(=Cc1ccccc1)C1=CC(=O)OC1=O.CC=C(C)C(=O)O. The van der Waals surface area contributed by atoms with Gasteiger partial charge in [-0.1, -0.05) is 85.5 Å². The summed E-state index contributed by atoms with van der Waals surface area (Å²) in [5.74, 6) is -2.02. The number of hydrogen-bond donors (Lipinski definition) is 1. The van der Waals surface area contributed by atoms with Crippen molar-refractivity contribution < 1.29 is 24.2 Å². The number of benzene rings is 2. The zero-order valence-electron chi connectivity index (χ0n) is 17.9. The van der Waals surface area contributed by atoms with Gasteiger partial charge in [0, 0.05) is 11.6 Å². The first-order valence-electron chi connectivity index (χ1n) is 9.53. The van der Waals surface area contributed by atoms with Crippen LogP contribution in [-0.2, 0) is 19.1 Å². The number of aliphatic carboxylic acids is 1. The van der Waals surface area contributed by atoms with Crippen LogP contribution in [0.15, 0.2) is 96.1 Å². The number of esters is 2. The van der Waals surface area contributed by atoms with Gasteiger partial charge in [-0.05, 0) is 37.5 Å². The Hall–Kier alpha value is -3.99. The Morgan fingerprint density at radius 1 is 0.935 bits per heavy atom. The van der Waals surface area contributed by atoms with Crippen LogP contribution in [0, 0.1) is 0 Å². The molecule has 0 fully saturated rings. The minimum absolute atomic E-state index is 0.328. The molecule has 3 rings (SSSR count). The summed E-state index contributed by atoms with van der Waals surface area (Å²) >= 11 is 0. The Bertz CT molecular complexity index is 997. The Balaban J connectivity index is 0.000000268. The van der Waals surface area contributed by atoms with Gasteiger partial charge in [0.25, 0.3) is 0 Å². The molecule has 0 bridgehead atoms. The molecular formula is C26H26O5. The average Bonchev–Trinajstić information content (AvgIpc) is 3.13. The first-order chi connectivity index (χ1) is 14.8. The predicted molar refractivity (Wildman–Crippen MR) is 123 cm³/mol. The highest BCUT2D eigenvalue weighted by Crippen LogP contribution is 2.19. The fourth-order valence-electron chi connectivity index (χ4n) is 2.22. The van der Waals surface area contributed by atoms with Gasteiger partial charge in [-0.2, -0.15) is 0 Å². The van der Waals surface area contributed by atoms with Gasteiger partial charge in [-0.3, -0.25) is 0 Å². The van der Waals surface area contributed by atoms with Gasteiger partial charge in [-0.15, -0.1) is 0 Å². The molecule has 5 nitrogen and oxygen atoms in total. The minimum Gasteiger partial charge on any atom is -0.478 e. The molecule has 5 heteroatoms. The third-order valence-electron chi connectivity index (χ3n) is 4.09. The summed E-state index contributed by atoms with van der Waals surface area (Å²) in [7, 11) is 0. The van der Waals surface area contributed by atoms with Gasteiger partial charge >= 0.3 is 17.9 Å². The number of ether oxygens (including phenoxy) is 1. The van der Waals surface area contributed by atoms with E-state index in [0.29, 0.717) is 11.1 Å². The Labute approximate surface area is 182 Å². The number of allylic oxidation sites excluding steroid dienone is 1. The lowest BCUT2D eigenvalue weighted by Crippen LogP contribution is -2.02.